The van der Waals surface area contributed by atoms with Gasteiger partial charge in [0.2, 0.25) is 0 Å². The second-order valence-electron chi connectivity index (χ2n) is 6.80. The summed E-state index contributed by atoms with van der Waals surface area (Å²) in [4.78, 5) is 0. The maximum Gasteiger partial charge on any atom is 0.333 e. The van der Waals surface area contributed by atoms with E-state index >= 15 is 0 Å². The fourth-order valence-corrected chi connectivity index (χ4v) is 4.80. The van der Waals surface area contributed by atoms with Crippen molar-refractivity contribution in [3.63, 3.8) is 0 Å². The van der Waals surface area contributed by atoms with E-state index < -0.39 is 15.9 Å². The van der Waals surface area contributed by atoms with Gasteiger partial charge in [-0.15, -0.1) is 0 Å². The van der Waals surface area contributed by atoms with Gasteiger partial charge in [-0.2, -0.15) is 8.42 Å². The monoisotopic (exact) mass is 342 g/mol. The summed E-state index contributed by atoms with van der Waals surface area (Å²) in [6, 6.07) is 9.93. The first-order valence-corrected chi connectivity index (χ1v) is 9.47. The predicted octanol–water partition coefficient (Wildman–Crippen LogP) is 3.59. The molecule has 1 aliphatic rings. The number of nitrogens with two attached hydrogens (primary N) is 1. The number of hydrogen-bond acceptors (Lipinski definition) is 4. The quantitative estimate of drug-likeness (QED) is 0.853. The van der Waals surface area contributed by atoms with Crippen LogP contribution in [0.3, 0.4) is 0 Å². The lowest BCUT2D eigenvalue weighted by Crippen LogP contribution is -2.57. The Morgan fingerprint density at radius 3 is 2.43 bits per heavy atom. The normalized spacial score (nSPS) is 31.4. The van der Waals surface area contributed by atoms with Crippen LogP contribution >= 0.6 is 0 Å². The third-order valence-electron chi connectivity index (χ3n) is 5.69. The Morgan fingerprint density at radius 1 is 1.30 bits per heavy atom. The molecule has 1 fully saturated rings. The van der Waals surface area contributed by atoms with Crippen molar-refractivity contribution in [1.29, 1.82) is 0 Å². The number of rotatable bonds is 5. The highest BCUT2D eigenvalue weighted by atomic mass is 32.2. The van der Waals surface area contributed by atoms with Crippen molar-refractivity contribution < 1.29 is 12.6 Å². The maximum atomic E-state index is 11.8. The van der Waals surface area contributed by atoms with E-state index in [0.717, 1.165) is 24.8 Å². The van der Waals surface area contributed by atoms with Gasteiger partial charge in [-0.25, -0.2) is 5.14 Å². The van der Waals surface area contributed by atoms with E-state index in [0.29, 0.717) is 18.8 Å². The van der Waals surface area contributed by atoms with Gasteiger partial charge in [-0.3, -0.25) is 4.18 Å². The van der Waals surface area contributed by atoms with Gasteiger partial charge < -0.3 is 6.15 Å². The third kappa shape index (κ3) is 4.12. The molecule has 0 bridgehead atoms. The minimum Gasteiger partial charge on any atom is -0.344 e. The van der Waals surface area contributed by atoms with E-state index in [9.17, 15) is 8.42 Å². The summed E-state index contributed by atoms with van der Waals surface area (Å²) in [5.41, 5.74) is 0.0851. The molecule has 0 aliphatic heterocycles. The average Bonchev–Trinajstić information content (AvgIpc) is 2.44. The smallest absolute Gasteiger partial charge is 0.333 e. The molecular formula is C17H30N2O3S. The summed E-state index contributed by atoms with van der Waals surface area (Å²) in [5.74, 6) is 0.386. The van der Waals surface area contributed by atoms with Crippen LogP contribution in [0, 0.1) is 11.3 Å². The van der Waals surface area contributed by atoms with E-state index in [2.05, 4.69) is 20.8 Å². The SMILES string of the molecule is CCC1(C)C(C)CCCC1(Cc1ccccc1)OS(N)(=O)=O.N. The molecule has 132 valence electrons. The van der Waals surface area contributed by atoms with Crippen molar-refractivity contribution in [3.8, 4) is 0 Å². The van der Waals surface area contributed by atoms with E-state index in [1.807, 2.05) is 30.3 Å². The zero-order valence-electron chi connectivity index (χ0n) is 14.4. The number of benzene rings is 1. The van der Waals surface area contributed by atoms with Crippen LogP contribution in [0.15, 0.2) is 30.3 Å². The highest BCUT2D eigenvalue weighted by molar-refractivity contribution is 7.84. The largest absolute Gasteiger partial charge is 0.344 e. The molecular weight excluding hydrogens is 312 g/mol. The molecule has 1 saturated carbocycles. The zero-order valence-corrected chi connectivity index (χ0v) is 15.2. The van der Waals surface area contributed by atoms with Gasteiger partial charge in [0, 0.05) is 11.8 Å². The lowest BCUT2D eigenvalue weighted by molar-refractivity contribution is -0.111. The Labute approximate surface area is 140 Å². The van der Waals surface area contributed by atoms with Gasteiger partial charge >= 0.3 is 10.3 Å². The molecule has 5 nitrogen and oxygen atoms in total. The summed E-state index contributed by atoms with van der Waals surface area (Å²) < 4.78 is 29.1. The highest BCUT2D eigenvalue weighted by Crippen LogP contribution is 2.53. The molecule has 0 amide bonds. The Balaban J connectivity index is 0.00000264. The van der Waals surface area contributed by atoms with Crippen LogP contribution in [-0.4, -0.2) is 14.0 Å². The van der Waals surface area contributed by atoms with Crippen LogP contribution in [0.25, 0.3) is 0 Å². The van der Waals surface area contributed by atoms with Crippen molar-refractivity contribution in [1.82, 2.24) is 6.15 Å². The number of hydrogen-bond donors (Lipinski definition) is 2. The molecule has 3 atom stereocenters. The molecule has 0 radical (unpaired) electrons. The van der Waals surface area contributed by atoms with E-state index in [-0.39, 0.29) is 11.6 Å². The van der Waals surface area contributed by atoms with E-state index in [1.54, 1.807) is 0 Å². The van der Waals surface area contributed by atoms with Crippen molar-refractivity contribution in [3.05, 3.63) is 35.9 Å². The second-order valence-corrected chi connectivity index (χ2v) is 7.95. The van der Waals surface area contributed by atoms with Crippen molar-refractivity contribution in [2.24, 2.45) is 16.5 Å². The van der Waals surface area contributed by atoms with Crippen molar-refractivity contribution in [2.75, 3.05) is 0 Å². The standard InChI is InChI=1S/C17H27NO3S.H3N/c1-4-16(3)14(2)9-8-12-17(16,21-22(18,19)20)13-15-10-6-5-7-11-15;/h5-7,10-11,14H,4,8-9,12-13H2,1-3H3,(H2,18,19,20);1H3. The topological polar surface area (TPSA) is 104 Å². The van der Waals surface area contributed by atoms with Crippen LogP contribution in [0.2, 0.25) is 0 Å². The fraction of sp³-hybridized carbons (Fsp3) is 0.647. The summed E-state index contributed by atoms with van der Waals surface area (Å²) in [5, 5.41) is 5.28. The first kappa shape index (κ1) is 20.1. The molecule has 3 unspecified atom stereocenters. The van der Waals surface area contributed by atoms with Crippen LogP contribution in [-0.2, 0) is 20.9 Å². The summed E-state index contributed by atoms with van der Waals surface area (Å²) in [6.07, 6.45) is 4.19. The van der Waals surface area contributed by atoms with Gasteiger partial charge in [0.05, 0.1) is 5.60 Å². The van der Waals surface area contributed by atoms with Crippen LogP contribution in [0.4, 0.5) is 0 Å². The molecule has 0 saturated heterocycles. The Hall–Kier alpha value is -0.950. The fourth-order valence-electron chi connectivity index (χ4n) is 4.02. The molecule has 6 heteroatoms. The van der Waals surface area contributed by atoms with Gasteiger partial charge in [0.1, 0.15) is 0 Å². The molecule has 23 heavy (non-hydrogen) atoms. The van der Waals surface area contributed by atoms with Gasteiger partial charge in [0.25, 0.3) is 0 Å². The van der Waals surface area contributed by atoms with Crippen LogP contribution in [0.5, 0.6) is 0 Å². The molecule has 1 aromatic rings. The average molecular weight is 343 g/mol. The first-order valence-electron chi connectivity index (χ1n) is 8.00. The third-order valence-corrected chi connectivity index (χ3v) is 6.24. The summed E-state index contributed by atoms with van der Waals surface area (Å²) in [6.45, 7) is 6.44. The Kier molecular flexibility index (Phi) is 6.38. The van der Waals surface area contributed by atoms with Gasteiger partial charge in [0.15, 0.2) is 0 Å². The molecule has 0 heterocycles. The summed E-state index contributed by atoms with van der Waals surface area (Å²) >= 11 is 0. The maximum absolute atomic E-state index is 11.8. The zero-order chi connectivity index (χ0) is 16.4. The lowest BCUT2D eigenvalue weighted by atomic mass is 9.56. The van der Waals surface area contributed by atoms with Crippen LogP contribution < -0.4 is 11.3 Å². The van der Waals surface area contributed by atoms with Gasteiger partial charge in [-0.1, -0.05) is 57.5 Å². The van der Waals surface area contributed by atoms with Crippen molar-refractivity contribution >= 4 is 10.3 Å². The predicted molar refractivity (Wildman–Crippen MR) is 93.5 cm³/mol. The Bertz CT molecular complexity index is 606. The summed E-state index contributed by atoms with van der Waals surface area (Å²) in [7, 11) is -4.01. The van der Waals surface area contributed by atoms with Gasteiger partial charge in [-0.05, 0) is 30.7 Å². The molecule has 1 aromatic carbocycles. The second kappa shape index (κ2) is 7.30. The minimum atomic E-state index is -4.01. The van der Waals surface area contributed by atoms with Crippen LogP contribution in [0.1, 0.15) is 52.0 Å². The Morgan fingerprint density at radius 2 is 1.91 bits per heavy atom. The molecule has 2 rings (SSSR count). The first-order chi connectivity index (χ1) is 10.2. The molecule has 1 aliphatic carbocycles. The highest BCUT2D eigenvalue weighted by Gasteiger charge is 2.54. The minimum absolute atomic E-state index is 0. The molecule has 0 spiro atoms. The lowest BCUT2D eigenvalue weighted by Gasteiger charge is -2.54. The molecule has 5 N–H and O–H groups in total. The van der Waals surface area contributed by atoms with E-state index in [1.165, 1.54) is 0 Å². The van der Waals surface area contributed by atoms with E-state index in [4.69, 9.17) is 9.32 Å². The van der Waals surface area contributed by atoms with Crippen molar-refractivity contribution in [2.45, 2.75) is 58.5 Å². The molecule has 0 aromatic heterocycles.